The monoisotopic (exact) mass is 1100 g/mol. The molecule has 0 saturated carbocycles. The standard InChI is InChI=1S/C67H55NO14/c1-22(69)76-21-34-58(77-23(2)70)59(78-24(3)71)60(79-25(4)72)64(80-34)75-12-11-68-57(62(73)81-65(5,6)7)55-33-19-31-17-28-15-29-14-26-13-27-16-30-18-32-20-67(55,61(68)63(74)82-66(8,9)10)56-41(32)46-40(30)45-36(27)35(26)43-39(29)44-37(28)38(31)47-42(33)54(56)53-51(46)49(45)48(43)50(44)52(47)53/h14,16-17,19-20,34,55,57-61,64H,11-13,15,18,21H2,1-10H3/t34-,55?,57?,58-,59?,60?,61?,64-,67?/m1/s1. The number of carbonyl (C=O) groups excluding carboxylic acids is 6. The zero-order valence-electron chi connectivity index (χ0n) is 46.9. The molecule has 2 fully saturated rings. The van der Waals surface area contributed by atoms with Crippen LogP contribution in [0, 0.1) is 0 Å². The van der Waals surface area contributed by atoms with Crippen molar-refractivity contribution in [2.24, 2.45) is 0 Å². The van der Waals surface area contributed by atoms with Crippen molar-refractivity contribution in [1.82, 2.24) is 4.90 Å². The maximum Gasteiger partial charge on any atom is 0.325 e. The van der Waals surface area contributed by atoms with Crippen LogP contribution in [-0.4, -0.2) is 114 Å². The first-order valence-electron chi connectivity index (χ1n) is 28.7. The largest absolute Gasteiger partial charge is 0.463 e. The Balaban J connectivity index is 0.893. The van der Waals surface area contributed by atoms with E-state index < -0.39 is 108 Å². The fraction of sp³-hybridized carbons (Fsp3) is 0.403. The van der Waals surface area contributed by atoms with Crippen molar-refractivity contribution < 1.29 is 66.7 Å². The third kappa shape index (κ3) is 5.42. The van der Waals surface area contributed by atoms with Gasteiger partial charge in [0.15, 0.2) is 24.6 Å². The van der Waals surface area contributed by atoms with Gasteiger partial charge < -0.3 is 37.9 Å². The quantitative estimate of drug-likeness (QED) is 0.0678. The Morgan fingerprint density at radius 1 is 0.549 bits per heavy atom. The van der Waals surface area contributed by atoms with Gasteiger partial charge in [-0.15, -0.1) is 0 Å². The molecule has 15 nitrogen and oxygen atoms in total. The predicted octanol–water partition coefficient (Wildman–Crippen LogP) is 10.2. The number of benzene rings is 7. The molecule has 2 saturated heterocycles. The van der Waals surface area contributed by atoms with E-state index in [9.17, 15) is 19.2 Å². The smallest absolute Gasteiger partial charge is 0.325 e. The van der Waals surface area contributed by atoms with Crippen LogP contribution in [0.2, 0.25) is 0 Å². The third-order valence-corrected chi connectivity index (χ3v) is 19.7. The first-order valence-corrected chi connectivity index (χ1v) is 28.7. The van der Waals surface area contributed by atoms with Gasteiger partial charge in [0.1, 0.15) is 36.0 Å². The molecule has 1 spiro atoms. The molecule has 9 atom stereocenters. The summed E-state index contributed by atoms with van der Waals surface area (Å²) in [5.74, 6) is -4.69. The number of carbonyl (C=O) groups is 6. The number of likely N-dealkylation sites (tertiary alicyclic amines) is 1. The van der Waals surface area contributed by atoms with E-state index in [4.69, 9.17) is 37.9 Å². The van der Waals surface area contributed by atoms with Gasteiger partial charge in [-0.25, -0.2) is 0 Å². The molecule has 7 aliphatic rings. The summed E-state index contributed by atoms with van der Waals surface area (Å²) in [6.45, 7) is 15.0. The van der Waals surface area contributed by atoms with Crippen molar-refractivity contribution in [2.45, 2.75) is 154 Å². The molecule has 0 amide bonds. The molecule has 6 unspecified atom stereocenters. The lowest BCUT2D eigenvalue weighted by atomic mass is 9.61. The maximum absolute atomic E-state index is 16.2. The highest BCUT2D eigenvalue weighted by molar-refractivity contribution is 6.64. The van der Waals surface area contributed by atoms with Gasteiger partial charge >= 0.3 is 35.8 Å². The van der Waals surface area contributed by atoms with Crippen LogP contribution in [-0.2, 0) is 91.3 Å². The fourth-order valence-corrected chi connectivity index (χ4v) is 18.2. The summed E-state index contributed by atoms with van der Waals surface area (Å²) in [7, 11) is 0. The molecular weight excluding hydrogens is 1040 g/mol. The second-order valence-corrected chi connectivity index (χ2v) is 26.7. The van der Waals surface area contributed by atoms with Crippen molar-refractivity contribution >= 4 is 149 Å². The number of fused-ring (bicyclic) bond motifs is 1. The Labute approximate surface area is 467 Å². The van der Waals surface area contributed by atoms with E-state index in [0.717, 1.165) is 59.5 Å². The Morgan fingerprint density at radius 3 is 1.66 bits per heavy atom. The molecule has 15 heteroatoms. The van der Waals surface area contributed by atoms with E-state index in [0.29, 0.717) is 6.42 Å². The van der Waals surface area contributed by atoms with Gasteiger partial charge in [-0.05, 0) is 219 Å². The minimum Gasteiger partial charge on any atom is -0.463 e. The summed E-state index contributed by atoms with van der Waals surface area (Å²) in [5, 5.41) is 26.3. The number of nitrogens with zero attached hydrogens (tertiary/aromatic N) is 1. The first-order chi connectivity index (χ1) is 39.0. The van der Waals surface area contributed by atoms with E-state index >= 15 is 9.59 Å². The lowest BCUT2D eigenvalue weighted by Crippen LogP contribution is -2.63. The predicted molar refractivity (Wildman–Crippen MR) is 305 cm³/mol. The molecule has 2 aliphatic heterocycles. The molecule has 5 aliphatic carbocycles. The highest BCUT2D eigenvalue weighted by atomic mass is 16.7. The van der Waals surface area contributed by atoms with Crippen molar-refractivity contribution in [3.05, 3.63) is 74.8 Å². The highest BCUT2D eigenvalue weighted by Gasteiger charge is 2.70. The number of esters is 6. The summed E-state index contributed by atoms with van der Waals surface area (Å²) in [5.41, 5.74) is 8.07. The molecule has 18 rings (SSSR count). The molecule has 2 heterocycles. The van der Waals surface area contributed by atoms with Gasteiger partial charge in [0.2, 0.25) is 0 Å². The Morgan fingerprint density at radius 2 is 1.05 bits per heavy atom. The van der Waals surface area contributed by atoms with E-state index in [1.54, 1.807) is 0 Å². The van der Waals surface area contributed by atoms with Crippen LogP contribution in [0.25, 0.3) is 113 Å². The van der Waals surface area contributed by atoms with Crippen LogP contribution in [0.1, 0.15) is 120 Å². The number of hydrogen-bond acceptors (Lipinski definition) is 15. The topological polar surface area (TPSA) is 179 Å². The zero-order valence-corrected chi connectivity index (χ0v) is 46.9. The molecule has 11 aromatic rings. The van der Waals surface area contributed by atoms with Crippen LogP contribution in [0.5, 0.6) is 0 Å². The van der Waals surface area contributed by atoms with Gasteiger partial charge in [-0.2, -0.15) is 0 Å². The summed E-state index contributed by atoms with van der Waals surface area (Å²) in [4.78, 5) is 84.9. The second-order valence-electron chi connectivity index (χ2n) is 26.7. The average molecular weight is 1100 g/mol. The summed E-state index contributed by atoms with van der Waals surface area (Å²) < 4.78 is 49.1. The Kier molecular flexibility index (Phi) is 8.59. The fourth-order valence-electron chi connectivity index (χ4n) is 18.2. The lowest BCUT2D eigenvalue weighted by Gasteiger charge is -2.44. The van der Waals surface area contributed by atoms with Crippen molar-refractivity contribution in [2.75, 3.05) is 19.8 Å². The number of rotatable bonds is 11. The van der Waals surface area contributed by atoms with Gasteiger partial charge in [0.05, 0.1) is 12.0 Å². The normalized spacial score (nSPS) is 26.0. The summed E-state index contributed by atoms with van der Waals surface area (Å²) in [6.07, 6.45) is -2.45. The molecule has 0 radical (unpaired) electrons. The SMILES string of the molecule is CC(=O)OC[C@H]1O[C@@H](OCCN2C(C(=O)OC(C)(C)C)C3c4cc5cc6c7c5c5c4c4c8c9c%10c%11c(cc%12c%13c%14c(cc(c%15c%14c%14c(c%13%11)c%10c4c5c%14c7%15)C6)C%12)CC9=CC83C2C(=O)OC(C)(C)C)C(OC(C)=O)C(OC(C)=O)[C@@H]1OC(C)=O. The third-order valence-electron chi connectivity index (χ3n) is 19.7. The van der Waals surface area contributed by atoms with E-state index in [-0.39, 0.29) is 13.2 Å². The molecule has 0 bridgehead atoms. The number of hydrogen-bond donors (Lipinski definition) is 0. The van der Waals surface area contributed by atoms with Crippen LogP contribution < -0.4 is 0 Å². The van der Waals surface area contributed by atoms with Gasteiger partial charge in [0, 0.05) is 40.2 Å². The average Bonchev–Trinajstić information content (AvgIpc) is 1.44. The van der Waals surface area contributed by atoms with Crippen LogP contribution in [0.4, 0.5) is 0 Å². The Bertz CT molecular complexity index is 4860. The van der Waals surface area contributed by atoms with Gasteiger partial charge in [-0.3, -0.25) is 33.7 Å². The second kappa shape index (κ2) is 14.7. The minimum atomic E-state index is -1.52. The molecule has 0 aromatic heterocycles. The van der Waals surface area contributed by atoms with Gasteiger partial charge in [0.25, 0.3) is 0 Å². The number of ether oxygens (including phenoxy) is 8. The van der Waals surface area contributed by atoms with Crippen LogP contribution in [0.15, 0.2) is 30.3 Å². The Hall–Kier alpha value is -7.72. The van der Waals surface area contributed by atoms with Gasteiger partial charge in [-0.1, -0.05) is 30.3 Å². The van der Waals surface area contributed by atoms with E-state index in [1.165, 1.54) is 139 Å². The number of allylic oxidation sites excluding steroid dienone is 1. The lowest BCUT2D eigenvalue weighted by molar-refractivity contribution is -0.308. The van der Waals surface area contributed by atoms with E-state index in [1.807, 2.05) is 46.4 Å². The van der Waals surface area contributed by atoms with E-state index in [2.05, 4.69) is 30.3 Å². The molecule has 412 valence electrons. The van der Waals surface area contributed by atoms with Crippen LogP contribution >= 0.6 is 0 Å². The molecular formula is C67H55NO14. The molecule has 0 N–H and O–H groups in total. The molecule has 11 aromatic carbocycles. The first kappa shape index (κ1) is 47.9. The van der Waals surface area contributed by atoms with Crippen molar-refractivity contribution in [3.63, 3.8) is 0 Å². The summed E-state index contributed by atoms with van der Waals surface area (Å²) >= 11 is 0. The highest BCUT2D eigenvalue weighted by Crippen LogP contribution is 2.73. The van der Waals surface area contributed by atoms with Crippen molar-refractivity contribution in [1.29, 1.82) is 0 Å². The van der Waals surface area contributed by atoms with Crippen molar-refractivity contribution in [3.8, 4) is 0 Å². The van der Waals surface area contributed by atoms with Crippen LogP contribution in [0.3, 0.4) is 0 Å². The maximum atomic E-state index is 16.2. The zero-order chi connectivity index (χ0) is 56.3. The molecule has 82 heavy (non-hydrogen) atoms. The summed E-state index contributed by atoms with van der Waals surface area (Å²) in [6, 6.07) is 7.52. The minimum absolute atomic E-state index is 0.0928.